The van der Waals surface area contributed by atoms with Gasteiger partial charge in [0.1, 0.15) is 5.82 Å². The number of fused-ring (bicyclic) bond motifs is 1. The monoisotopic (exact) mass is 391 g/mol. The summed E-state index contributed by atoms with van der Waals surface area (Å²) in [6.45, 7) is 8.93. The molecule has 152 valence electrons. The van der Waals surface area contributed by atoms with E-state index in [9.17, 15) is 4.79 Å². The Kier molecular flexibility index (Phi) is 5.53. The van der Waals surface area contributed by atoms with Crippen LogP contribution >= 0.6 is 0 Å². The third kappa shape index (κ3) is 4.43. The van der Waals surface area contributed by atoms with Crippen LogP contribution in [-0.4, -0.2) is 53.1 Å². The van der Waals surface area contributed by atoms with Gasteiger partial charge in [-0.05, 0) is 37.3 Å². The van der Waals surface area contributed by atoms with Gasteiger partial charge in [0, 0.05) is 64.5 Å². The fourth-order valence-corrected chi connectivity index (χ4v) is 4.00. The van der Waals surface area contributed by atoms with Crippen molar-refractivity contribution < 1.29 is 4.79 Å². The van der Waals surface area contributed by atoms with E-state index in [-0.39, 0.29) is 5.91 Å². The smallest absolute Gasteiger partial charge is 0.221 e. The van der Waals surface area contributed by atoms with Crippen molar-refractivity contribution in [1.82, 2.24) is 14.5 Å². The molecule has 1 amide bonds. The maximum absolute atomic E-state index is 11.3. The minimum atomic E-state index is -0.0646. The van der Waals surface area contributed by atoms with Crippen LogP contribution < -0.4 is 10.2 Å². The van der Waals surface area contributed by atoms with Gasteiger partial charge in [0.2, 0.25) is 5.91 Å². The van der Waals surface area contributed by atoms with Crippen molar-refractivity contribution in [2.45, 2.75) is 20.3 Å². The van der Waals surface area contributed by atoms with Gasteiger partial charge in [-0.3, -0.25) is 9.69 Å². The van der Waals surface area contributed by atoms with E-state index in [1.807, 2.05) is 18.2 Å². The maximum atomic E-state index is 11.3. The number of anilines is 2. The summed E-state index contributed by atoms with van der Waals surface area (Å²) >= 11 is 0. The first-order valence-electron chi connectivity index (χ1n) is 10.3. The number of carbonyl (C=O) groups is 1. The van der Waals surface area contributed by atoms with Crippen LogP contribution in [0.3, 0.4) is 0 Å². The summed E-state index contributed by atoms with van der Waals surface area (Å²) in [7, 11) is 2.07. The summed E-state index contributed by atoms with van der Waals surface area (Å²) in [5, 5.41) is 2.83. The fraction of sp³-hybridized carbons (Fsp3) is 0.391. The van der Waals surface area contributed by atoms with Crippen LogP contribution in [-0.2, 0) is 18.3 Å². The zero-order chi connectivity index (χ0) is 20.4. The van der Waals surface area contributed by atoms with Crippen LogP contribution in [0.25, 0.3) is 11.0 Å². The number of aromatic nitrogens is 2. The Hall–Kier alpha value is -2.86. The minimum absolute atomic E-state index is 0.0646. The standard InChI is InChI=1S/C23H29N5O/c1-17-4-7-20(8-5-17)28-14-12-27(13-15-28)11-10-23-25-21-16-19(24-18(2)29)6-9-22(21)26(23)3/h4-9,16H,10-15H2,1-3H3,(H,24,29). The van der Waals surface area contributed by atoms with Gasteiger partial charge in [-0.25, -0.2) is 4.98 Å². The van der Waals surface area contributed by atoms with E-state index in [1.54, 1.807) is 0 Å². The molecule has 0 unspecified atom stereocenters. The Balaban J connectivity index is 1.35. The number of amides is 1. The Labute approximate surface area is 172 Å². The third-order valence-electron chi connectivity index (χ3n) is 5.72. The van der Waals surface area contributed by atoms with Crippen molar-refractivity contribution in [3.63, 3.8) is 0 Å². The van der Waals surface area contributed by atoms with Crippen molar-refractivity contribution in [1.29, 1.82) is 0 Å². The molecule has 6 nitrogen and oxygen atoms in total. The second kappa shape index (κ2) is 8.25. The van der Waals surface area contributed by atoms with E-state index in [0.29, 0.717) is 0 Å². The van der Waals surface area contributed by atoms with Crippen molar-refractivity contribution in [2.24, 2.45) is 7.05 Å². The Morgan fingerprint density at radius 3 is 2.48 bits per heavy atom. The molecule has 0 saturated carbocycles. The van der Waals surface area contributed by atoms with E-state index >= 15 is 0 Å². The molecule has 3 aromatic rings. The van der Waals surface area contributed by atoms with Crippen LogP contribution in [0, 0.1) is 6.92 Å². The first-order valence-corrected chi connectivity index (χ1v) is 10.3. The molecule has 1 aliphatic heterocycles. The van der Waals surface area contributed by atoms with Crippen LogP contribution in [0.1, 0.15) is 18.3 Å². The molecule has 0 aliphatic carbocycles. The summed E-state index contributed by atoms with van der Waals surface area (Å²) < 4.78 is 2.16. The number of nitrogens with zero attached hydrogens (tertiary/aromatic N) is 4. The topological polar surface area (TPSA) is 53.4 Å². The normalized spacial score (nSPS) is 15.1. The molecule has 1 N–H and O–H groups in total. The molecule has 1 fully saturated rings. The Bertz CT molecular complexity index is 1000. The van der Waals surface area contributed by atoms with Crippen LogP contribution in [0.5, 0.6) is 0 Å². The van der Waals surface area contributed by atoms with Crippen molar-refractivity contribution >= 4 is 28.3 Å². The number of hydrogen-bond acceptors (Lipinski definition) is 4. The first-order chi connectivity index (χ1) is 14.0. The summed E-state index contributed by atoms with van der Waals surface area (Å²) in [4.78, 5) is 21.1. The van der Waals surface area contributed by atoms with Crippen LogP contribution in [0.15, 0.2) is 42.5 Å². The van der Waals surface area contributed by atoms with Gasteiger partial charge >= 0.3 is 0 Å². The number of imidazole rings is 1. The van der Waals surface area contributed by atoms with Gasteiger partial charge in [0.15, 0.2) is 0 Å². The minimum Gasteiger partial charge on any atom is -0.369 e. The number of rotatable bonds is 5. The summed E-state index contributed by atoms with van der Waals surface area (Å²) in [5.41, 5.74) is 5.44. The van der Waals surface area contributed by atoms with E-state index < -0.39 is 0 Å². The van der Waals surface area contributed by atoms with E-state index in [2.05, 4.69) is 57.9 Å². The van der Waals surface area contributed by atoms with E-state index in [4.69, 9.17) is 4.98 Å². The maximum Gasteiger partial charge on any atom is 0.221 e. The second-order valence-electron chi connectivity index (χ2n) is 7.89. The zero-order valence-electron chi connectivity index (χ0n) is 17.5. The lowest BCUT2D eigenvalue weighted by Gasteiger charge is -2.36. The molecule has 0 atom stereocenters. The average molecular weight is 392 g/mol. The molecule has 1 aliphatic rings. The van der Waals surface area contributed by atoms with Crippen LogP contribution in [0.2, 0.25) is 0 Å². The third-order valence-corrected chi connectivity index (χ3v) is 5.72. The number of nitrogens with one attached hydrogen (secondary N) is 1. The number of benzene rings is 2. The lowest BCUT2D eigenvalue weighted by atomic mass is 10.2. The molecule has 0 radical (unpaired) electrons. The lowest BCUT2D eigenvalue weighted by molar-refractivity contribution is -0.114. The van der Waals surface area contributed by atoms with Crippen molar-refractivity contribution in [3.05, 3.63) is 53.9 Å². The van der Waals surface area contributed by atoms with E-state index in [1.165, 1.54) is 18.2 Å². The molecular weight excluding hydrogens is 362 g/mol. The quantitative estimate of drug-likeness (QED) is 0.726. The number of hydrogen-bond donors (Lipinski definition) is 1. The van der Waals surface area contributed by atoms with Gasteiger partial charge in [-0.15, -0.1) is 0 Å². The summed E-state index contributed by atoms with van der Waals surface area (Å²) in [6.07, 6.45) is 0.922. The Morgan fingerprint density at radius 2 is 1.79 bits per heavy atom. The zero-order valence-corrected chi connectivity index (χ0v) is 17.5. The highest BCUT2D eigenvalue weighted by atomic mass is 16.1. The fourth-order valence-electron chi connectivity index (χ4n) is 4.00. The van der Waals surface area contributed by atoms with Crippen molar-refractivity contribution in [2.75, 3.05) is 42.9 Å². The summed E-state index contributed by atoms with van der Waals surface area (Å²) in [6, 6.07) is 14.7. The number of piperazine rings is 1. The molecule has 1 saturated heterocycles. The molecule has 2 heterocycles. The Morgan fingerprint density at radius 1 is 1.07 bits per heavy atom. The molecule has 29 heavy (non-hydrogen) atoms. The highest BCUT2D eigenvalue weighted by molar-refractivity contribution is 5.91. The molecule has 6 heteroatoms. The molecule has 0 bridgehead atoms. The number of aryl methyl sites for hydroxylation is 2. The number of carbonyl (C=O) groups excluding carboxylic acids is 1. The molecule has 4 rings (SSSR count). The van der Waals surface area contributed by atoms with Gasteiger partial charge in [-0.1, -0.05) is 17.7 Å². The first kappa shape index (κ1) is 19.5. The molecule has 0 spiro atoms. The SMILES string of the molecule is CC(=O)Nc1ccc2c(c1)nc(CCN1CCN(c3ccc(C)cc3)CC1)n2C. The van der Waals surface area contributed by atoms with Crippen molar-refractivity contribution in [3.8, 4) is 0 Å². The molecule has 2 aromatic carbocycles. The predicted molar refractivity (Wildman–Crippen MR) is 119 cm³/mol. The van der Waals surface area contributed by atoms with Gasteiger partial charge in [0.25, 0.3) is 0 Å². The summed E-state index contributed by atoms with van der Waals surface area (Å²) in [5.74, 6) is 1.02. The van der Waals surface area contributed by atoms with E-state index in [0.717, 1.165) is 61.7 Å². The van der Waals surface area contributed by atoms with Gasteiger partial charge < -0.3 is 14.8 Å². The largest absolute Gasteiger partial charge is 0.369 e. The average Bonchev–Trinajstić information content (AvgIpc) is 3.02. The molecular formula is C23H29N5O. The highest BCUT2D eigenvalue weighted by Crippen LogP contribution is 2.21. The lowest BCUT2D eigenvalue weighted by Crippen LogP contribution is -2.47. The van der Waals surface area contributed by atoms with Gasteiger partial charge in [-0.2, -0.15) is 0 Å². The highest BCUT2D eigenvalue weighted by Gasteiger charge is 2.18. The van der Waals surface area contributed by atoms with Gasteiger partial charge in [0.05, 0.1) is 11.0 Å². The molecule has 1 aromatic heterocycles. The van der Waals surface area contributed by atoms with Crippen LogP contribution in [0.4, 0.5) is 11.4 Å². The predicted octanol–water partition coefficient (Wildman–Crippen LogP) is 3.20. The second-order valence-corrected chi connectivity index (χ2v) is 7.89.